The third kappa shape index (κ3) is 2.78. The highest BCUT2D eigenvalue weighted by Gasteiger charge is 2.29. The van der Waals surface area contributed by atoms with Gasteiger partial charge in [-0.1, -0.05) is 23.8 Å². The molecule has 24 heavy (non-hydrogen) atoms. The first kappa shape index (κ1) is 14.9. The highest BCUT2D eigenvalue weighted by atomic mass is 16.3. The number of carbonyl (C=O) groups is 1. The molecule has 1 aliphatic carbocycles. The molecule has 5 heteroatoms. The summed E-state index contributed by atoms with van der Waals surface area (Å²) >= 11 is 0. The minimum Gasteiger partial charge on any atom is -0.392 e. The Kier molecular flexibility index (Phi) is 3.58. The van der Waals surface area contributed by atoms with E-state index in [9.17, 15) is 9.90 Å². The molecule has 0 radical (unpaired) electrons. The number of pyridine rings is 1. The SMILES string of the molecule is Cc1ccc(-c2ccc3nc(NC(=O)C4CC4)cn3c2)c(CO)c1. The summed E-state index contributed by atoms with van der Waals surface area (Å²) < 4.78 is 1.90. The van der Waals surface area contributed by atoms with Crippen molar-refractivity contribution in [2.75, 3.05) is 5.32 Å². The molecule has 0 spiro atoms. The van der Waals surface area contributed by atoms with E-state index in [-0.39, 0.29) is 18.4 Å². The number of aromatic nitrogens is 2. The quantitative estimate of drug-likeness (QED) is 0.776. The molecule has 2 N–H and O–H groups in total. The van der Waals surface area contributed by atoms with Crippen LogP contribution in [0.25, 0.3) is 16.8 Å². The van der Waals surface area contributed by atoms with Crippen LogP contribution in [0.15, 0.2) is 42.7 Å². The largest absolute Gasteiger partial charge is 0.392 e. The minimum atomic E-state index is 0.00166. The zero-order chi connectivity index (χ0) is 16.7. The van der Waals surface area contributed by atoms with E-state index in [1.54, 1.807) is 0 Å². The highest BCUT2D eigenvalue weighted by Crippen LogP contribution is 2.30. The molecule has 2 heterocycles. The summed E-state index contributed by atoms with van der Waals surface area (Å²) in [5.74, 6) is 0.792. The van der Waals surface area contributed by atoms with Gasteiger partial charge in [0.2, 0.25) is 5.91 Å². The monoisotopic (exact) mass is 321 g/mol. The summed E-state index contributed by atoms with van der Waals surface area (Å²) in [6.45, 7) is 2.01. The van der Waals surface area contributed by atoms with Crippen molar-refractivity contribution in [1.29, 1.82) is 0 Å². The number of aliphatic hydroxyl groups excluding tert-OH is 1. The Labute approximate surface area is 140 Å². The van der Waals surface area contributed by atoms with E-state index in [2.05, 4.69) is 10.3 Å². The number of hydrogen-bond acceptors (Lipinski definition) is 3. The van der Waals surface area contributed by atoms with Crippen LogP contribution >= 0.6 is 0 Å². The topological polar surface area (TPSA) is 66.6 Å². The highest BCUT2D eigenvalue weighted by molar-refractivity contribution is 5.93. The van der Waals surface area contributed by atoms with Gasteiger partial charge in [-0.3, -0.25) is 4.79 Å². The molecule has 1 amide bonds. The van der Waals surface area contributed by atoms with E-state index < -0.39 is 0 Å². The second-order valence-corrected chi connectivity index (χ2v) is 6.39. The Bertz CT molecular complexity index is 926. The van der Waals surface area contributed by atoms with Crippen molar-refractivity contribution in [1.82, 2.24) is 9.38 Å². The number of imidazole rings is 1. The number of fused-ring (bicyclic) bond motifs is 1. The third-order valence-corrected chi connectivity index (χ3v) is 4.39. The van der Waals surface area contributed by atoms with Crippen molar-refractivity contribution < 1.29 is 9.90 Å². The molecular weight excluding hydrogens is 302 g/mol. The Hall–Kier alpha value is -2.66. The van der Waals surface area contributed by atoms with Crippen LogP contribution in [0.2, 0.25) is 0 Å². The molecule has 0 saturated heterocycles. The second kappa shape index (κ2) is 5.76. The van der Waals surface area contributed by atoms with E-state index in [0.717, 1.165) is 40.7 Å². The van der Waals surface area contributed by atoms with Gasteiger partial charge in [-0.05, 0) is 48.6 Å². The van der Waals surface area contributed by atoms with Gasteiger partial charge in [-0.2, -0.15) is 0 Å². The average Bonchev–Trinajstić information content (AvgIpc) is 3.35. The molecule has 2 aromatic heterocycles. The maximum Gasteiger partial charge on any atom is 0.228 e. The minimum absolute atomic E-state index is 0.00166. The van der Waals surface area contributed by atoms with Gasteiger partial charge < -0.3 is 14.8 Å². The fourth-order valence-electron chi connectivity index (χ4n) is 2.92. The zero-order valence-electron chi connectivity index (χ0n) is 13.5. The summed E-state index contributed by atoms with van der Waals surface area (Å²) in [5, 5.41) is 12.5. The first-order valence-corrected chi connectivity index (χ1v) is 8.14. The molecule has 4 rings (SSSR count). The lowest BCUT2D eigenvalue weighted by Gasteiger charge is -2.09. The van der Waals surface area contributed by atoms with Gasteiger partial charge in [0, 0.05) is 12.1 Å². The maximum absolute atomic E-state index is 11.9. The van der Waals surface area contributed by atoms with E-state index in [1.807, 2.05) is 54.0 Å². The molecule has 1 fully saturated rings. The van der Waals surface area contributed by atoms with Gasteiger partial charge in [-0.25, -0.2) is 4.98 Å². The van der Waals surface area contributed by atoms with Gasteiger partial charge in [0.15, 0.2) is 5.82 Å². The Morgan fingerprint density at radius 3 is 2.88 bits per heavy atom. The van der Waals surface area contributed by atoms with Gasteiger partial charge in [0.1, 0.15) is 5.65 Å². The third-order valence-electron chi connectivity index (χ3n) is 4.39. The molecular formula is C19H19N3O2. The lowest BCUT2D eigenvalue weighted by atomic mass is 9.99. The van der Waals surface area contributed by atoms with Crippen LogP contribution in [0.4, 0.5) is 5.82 Å². The Morgan fingerprint density at radius 1 is 1.29 bits per heavy atom. The second-order valence-electron chi connectivity index (χ2n) is 6.39. The van der Waals surface area contributed by atoms with Crippen molar-refractivity contribution in [2.24, 2.45) is 5.92 Å². The predicted molar refractivity (Wildman–Crippen MR) is 92.6 cm³/mol. The smallest absolute Gasteiger partial charge is 0.228 e. The molecule has 122 valence electrons. The molecule has 1 saturated carbocycles. The van der Waals surface area contributed by atoms with Gasteiger partial charge in [0.05, 0.1) is 12.8 Å². The summed E-state index contributed by atoms with van der Waals surface area (Å²) in [4.78, 5) is 16.3. The lowest BCUT2D eigenvalue weighted by Crippen LogP contribution is -2.13. The summed E-state index contributed by atoms with van der Waals surface area (Å²) in [6.07, 6.45) is 5.74. The van der Waals surface area contributed by atoms with E-state index >= 15 is 0 Å². The van der Waals surface area contributed by atoms with Crippen molar-refractivity contribution in [3.63, 3.8) is 0 Å². The predicted octanol–water partition coefficient (Wildman–Crippen LogP) is 3.15. The van der Waals surface area contributed by atoms with Crippen LogP contribution in [0.3, 0.4) is 0 Å². The number of amides is 1. The number of nitrogens with zero attached hydrogens (tertiary/aromatic N) is 2. The molecule has 0 unspecified atom stereocenters. The molecule has 5 nitrogen and oxygen atoms in total. The fraction of sp³-hybridized carbons (Fsp3) is 0.263. The normalized spacial score (nSPS) is 14.1. The average molecular weight is 321 g/mol. The summed E-state index contributed by atoms with van der Waals surface area (Å²) in [5.41, 5.74) is 4.81. The number of nitrogens with one attached hydrogen (secondary N) is 1. The van der Waals surface area contributed by atoms with Crippen LogP contribution in [0, 0.1) is 12.8 Å². The van der Waals surface area contributed by atoms with Crippen LogP contribution < -0.4 is 5.32 Å². The van der Waals surface area contributed by atoms with E-state index in [1.165, 1.54) is 0 Å². The molecule has 0 atom stereocenters. The first-order chi connectivity index (χ1) is 11.6. The number of aliphatic hydroxyl groups is 1. The maximum atomic E-state index is 11.9. The molecule has 1 aliphatic rings. The van der Waals surface area contributed by atoms with Crippen molar-refractivity contribution in [2.45, 2.75) is 26.4 Å². The number of carbonyl (C=O) groups excluding carboxylic acids is 1. The molecule has 0 bridgehead atoms. The first-order valence-electron chi connectivity index (χ1n) is 8.14. The van der Waals surface area contributed by atoms with Crippen LogP contribution in [-0.4, -0.2) is 20.4 Å². The molecule has 0 aliphatic heterocycles. The van der Waals surface area contributed by atoms with Crippen molar-refractivity contribution >= 4 is 17.4 Å². The van der Waals surface area contributed by atoms with Gasteiger partial charge >= 0.3 is 0 Å². The Morgan fingerprint density at radius 2 is 2.12 bits per heavy atom. The zero-order valence-corrected chi connectivity index (χ0v) is 13.5. The van der Waals surface area contributed by atoms with Crippen LogP contribution in [0.1, 0.15) is 24.0 Å². The Balaban J connectivity index is 1.69. The van der Waals surface area contributed by atoms with Crippen LogP contribution in [0.5, 0.6) is 0 Å². The van der Waals surface area contributed by atoms with Gasteiger partial charge in [0.25, 0.3) is 0 Å². The standard InChI is InChI=1S/C19H19N3O2/c1-12-2-6-16(15(8-12)11-23)14-5-7-18-20-17(10-22(18)9-14)21-19(24)13-3-4-13/h2,5-10,13,23H,3-4,11H2,1H3,(H,21,24). The van der Waals surface area contributed by atoms with Crippen molar-refractivity contribution in [3.05, 3.63) is 53.9 Å². The lowest BCUT2D eigenvalue weighted by molar-refractivity contribution is -0.117. The molecule has 3 aromatic rings. The summed E-state index contributed by atoms with van der Waals surface area (Å²) in [7, 11) is 0. The number of rotatable bonds is 4. The molecule has 1 aromatic carbocycles. The number of anilines is 1. The number of hydrogen-bond donors (Lipinski definition) is 2. The number of benzene rings is 1. The fourth-order valence-corrected chi connectivity index (χ4v) is 2.92. The number of aryl methyl sites for hydroxylation is 1. The summed E-state index contributed by atoms with van der Waals surface area (Å²) in [6, 6.07) is 9.96. The van der Waals surface area contributed by atoms with Crippen LogP contribution in [-0.2, 0) is 11.4 Å². The van der Waals surface area contributed by atoms with E-state index in [0.29, 0.717) is 5.82 Å². The van der Waals surface area contributed by atoms with Gasteiger partial charge in [-0.15, -0.1) is 0 Å². The van der Waals surface area contributed by atoms with Crippen molar-refractivity contribution in [3.8, 4) is 11.1 Å². The van der Waals surface area contributed by atoms with E-state index in [4.69, 9.17) is 0 Å².